The van der Waals surface area contributed by atoms with Crippen LogP contribution < -0.4 is 5.73 Å². The SMILES string of the molecule is CC(C)CCN(C)CCC(N)(C#N)c1ccccc1. The summed E-state index contributed by atoms with van der Waals surface area (Å²) in [7, 11) is 2.09. The fourth-order valence-corrected chi connectivity index (χ4v) is 1.96. The second-order valence-electron chi connectivity index (χ2n) is 5.68. The third-order valence-corrected chi connectivity index (χ3v) is 3.46. The Morgan fingerprint density at radius 2 is 1.89 bits per heavy atom. The molecule has 0 bridgehead atoms. The molecular formula is C16H25N3. The molecule has 0 aliphatic heterocycles. The normalized spacial score (nSPS) is 14.4. The summed E-state index contributed by atoms with van der Waals surface area (Å²) in [6.07, 6.45) is 1.83. The molecule has 0 aliphatic rings. The van der Waals surface area contributed by atoms with Gasteiger partial charge in [0, 0.05) is 6.54 Å². The molecule has 1 atom stereocenters. The zero-order valence-electron chi connectivity index (χ0n) is 12.3. The van der Waals surface area contributed by atoms with Gasteiger partial charge in [-0.05, 0) is 37.9 Å². The highest BCUT2D eigenvalue weighted by Gasteiger charge is 2.26. The zero-order valence-corrected chi connectivity index (χ0v) is 12.3. The van der Waals surface area contributed by atoms with Crippen molar-refractivity contribution in [1.82, 2.24) is 4.90 Å². The van der Waals surface area contributed by atoms with Crippen molar-refractivity contribution in [3.63, 3.8) is 0 Å². The fourth-order valence-electron chi connectivity index (χ4n) is 1.96. The number of hydrogen-bond acceptors (Lipinski definition) is 3. The lowest BCUT2D eigenvalue weighted by Crippen LogP contribution is -2.38. The van der Waals surface area contributed by atoms with Crippen molar-refractivity contribution >= 4 is 0 Å². The van der Waals surface area contributed by atoms with Crippen LogP contribution in [0.5, 0.6) is 0 Å². The number of hydrogen-bond donors (Lipinski definition) is 1. The van der Waals surface area contributed by atoms with E-state index in [0.717, 1.165) is 18.7 Å². The molecule has 0 fully saturated rings. The van der Waals surface area contributed by atoms with E-state index < -0.39 is 5.54 Å². The summed E-state index contributed by atoms with van der Waals surface area (Å²) in [6, 6.07) is 11.9. The maximum absolute atomic E-state index is 9.38. The van der Waals surface area contributed by atoms with E-state index in [1.54, 1.807) is 0 Å². The largest absolute Gasteiger partial charge is 0.310 e. The maximum atomic E-state index is 9.38. The van der Waals surface area contributed by atoms with Gasteiger partial charge in [0.25, 0.3) is 0 Å². The molecule has 0 radical (unpaired) electrons. The van der Waals surface area contributed by atoms with Crippen molar-refractivity contribution in [3.05, 3.63) is 35.9 Å². The van der Waals surface area contributed by atoms with Crippen LogP contribution in [-0.2, 0) is 5.54 Å². The van der Waals surface area contributed by atoms with Crippen molar-refractivity contribution in [2.45, 2.75) is 32.2 Å². The Balaban J connectivity index is 2.56. The van der Waals surface area contributed by atoms with Gasteiger partial charge in [0.15, 0.2) is 0 Å². The van der Waals surface area contributed by atoms with E-state index in [0.29, 0.717) is 12.3 Å². The number of benzene rings is 1. The monoisotopic (exact) mass is 259 g/mol. The van der Waals surface area contributed by atoms with Crippen LogP contribution in [0.1, 0.15) is 32.3 Å². The van der Waals surface area contributed by atoms with Crippen LogP contribution in [0.2, 0.25) is 0 Å². The van der Waals surface area contributed by atoms with E-state index in [1.165, 1.54) is 6.42 Å². The average Bonchev–Trinajstić information content (AvgIpc) is 2.43. The Bertz CT molecular complexity index is 408. The Morgan fingerprint density at radius 3 is 2.42 bits per heavy atom. The van der Waals surface area contributed by atoms with Crippen molar-refractivity contribution in [3.8, 4) is 6.07 Å². The van der Waals surface area contributed by atoms with E-state index in [2.05, 4.69) is 31.9 Å². The predicted octanol–water partition coefficient (Wildman–Crippen LogP) is 2.73. The standard InChI is InChI=1S/C16H25N3/c1-14(2)9-11-19(3)12-10-16(18,13-17)15-7-5-4-6-8-15/h4-8,14H,9-12,18H2,1-3H3. The Kier molecular flexibility index (Phi) is 6.01. The van der Waals surface area contributed by atoms with E-state index in [-0.39, 0.29) is 0 Å². The number of rotatable bonds is 7. The highest BCUT2D eigenvalue weighted by Crippen LogP contribution is 2.21. The van der Waals surface area contributed by atoms with E-state index in [9.17, 15) is 5.26 Å². The maximum Gasteiger partial charge on any atom is 0.131 e. The van der Waals surface area contributed by atoms with Crippen LogP contribution in [0.25, 0.3) is 0 Å². The quantitative estimate of drug-likeness (QED) is 0.819. The second kappa shape index (κ2) is 7.28. The minimum Gasteiger partial charge on any atom is -0.310 e. The molecule has 0 aliphatic carbocycles. The first-order valence-corrected chi connectivity index (χ1v) is 6.92. The van der Waals surface area contributed by atoms with Gasteiger partial charge in [-0.1, -0.05) is 44.2 Å². The van der Waals surface area contributed by atoms with Gasteiger partial charge in [0.05, 0.1) is 6.07 Å². The number of nitrogens with two attached hydrogens (primary N) is 1. The topological polar surface area (TPSA) is 53.0 Å². The van der Waals surface area contributed by atoms with Gasteiger partial charge >= 0.3 is 0 Å². The summed E-state index contributed by atoms with van der Waals surface area (Å²) in [5.41, 5.74) is 6.25. The van der Waals surface area contributed by atoms with E-state index in [4.69, 9.17) is 5.73 Å². The number of nitrogens with zero attached hydrogens (tertiary/aromatic N) is 2. The summed E-state index contributed by atoms with van der Waals surface area (Å²) < 4.78 is 0. The zero-order chi connectivity index (χ0) is 14.3. The summed E-state index contributed by atoms with van der Waals surface area (Å²) >= 11 is 0. The lowest BCUT2D eigenvalue weighted by atomic mass is 9.89. The van der Waals surface area contributed by atoms with Gasteiger partial charge in [-0.3, -0.25) is 0 Å². The van der Waals surface area contributed by atoms with Gasteiger partial charge in [0.1, 0.15) is 5.54 Å². The first-order valence-electron chi connectivity index (χ1n) is 6.92. The van der Waals surface area contributed by atoms with Gasteiger partial charge in [-0.15, -0.1) is 0 Å². The minimum absolute atomic E-state index is 0.655. The van der Waals surface area contributed by atoms with Gasteiger partial charge < -0.3 is 10.6 Å². The molecule has 104 valence electrons. The smallest absolute Gasteiger partial charge is 0.131 e. The van der Waals surface area contributed by atoms with Crippen LogP contribution in [-0.4, -0.2) is 25.0 Å². The third kappa shape index (κ3) is 5.02. The summed E-state index contributed by atoms with van der Waals surface area (Å²) in [4.78, 5) is 2.25. The number of nitriles is 1. The van der Waals surface area contributed by atoms with Crippen molar-refractivity contribution in [2.24, 2.45) is 11.7 Å². The summed E-state index contributed by atoms with van der Waals surface area (Å²) in [5.74, 6) is 0.704. The lowest BCUT2D eigenvalue weighted by Gasteiger charge is -2.25. The molecule has 19 heavy (non-hydrogen) atoms. The van der Waals surface area contributed by atoms with Gasteiger partial charge in [-0.2, -0.15) is 5.26 Å². The molecular weight excluding hydrogens is 234 g/mol. The Hall–Kier alpha value is -1.37. The Labute approximate surface area is 117 Å². The van der Waals surface area contributed by atoms with Gasteiger partial charge in [0.2, 0.25) is 0 Å². The fraction of sp³-hybridized carbons (Fsp3) is 0.562. The van der Waals surface area contributed by atoms with Gasteiger partial charge in [-0.25, -0.2) is 0 Å². The molecule has 0 heterocycles. The van der Waals surface area contributed by atoms with Crippen LogP contribution in [0, 0.1) is 17.2 Å². The first-order chi connectivity index (χ1) is 8.98. The molecule has 3 heteroatoms. The molecule has 3 nitrogen and oxygen atoms in total. The Morgan fingerprint density at radius 1 is 1.26 bits per heavy atom. The van der Waals surface area contributed by atoms with Crippen LogP contribution >= 0.6 is 0 Å². The van der Waals surface area contributed by atoms with Crippen molar-refractivity contribution < 1.29 is 0 Å². The van der Waals surface area contributed by atoms with E-state index in [1.807, 2.05) is 30.3 Å². The van der Waals surface area contributed by atoms with Crippen molar-refractivity contribution in [1.29, 1.82) is 5.26 Å². The predicted molar refractivity (Wildman–Crippen MR) is 79.5 cm³/mol. The summed E-state index contributed by atoms with van der Waals surface area (Å²) in [5, 5.41) is 9.38. The molecule has 1 unspecified atom stereocenters. The van der Waals surface area contributed by atoms with E-state index >= 15 is 0 Å². The molecule has 0 aromatic heterocycles. The molecule has 1 aromatic rings. The average molecular weight is 259 g/mol. The second-order valence-corrected chi connectivity index (χ2v) is 5.68. The van der Waals surface area contributed by atoms with Crippen LogP contribution in [0.15, 0.2) is 30.3 Å². The summed E-state index contributed by atoms with van der Waals surface area (Å²) in [6.45, 7) is 6.33. The molecule has 0 saturated carbocycles. The minimum atomic E-state index is -0.882. The first kappa shape index (κ1) is 15.7. The van der Waals surface area contributed by atoms with Crippen LogP contribution in [0.4, 0.5) is 0 Å². The highest BCUT2D eigenvalue weighted by atomic mass is 15.1. The third-order valence-electron chi connectivity index (χ3n) is 3.46. The van der Waals surface area contributed by atoms with Crippen molar-refractivity contribution in [2.75, 3.05) is 20.1 Å². The lowest BCUT2D eigenvalue weighted by molar-refractivity contribution is 0.285. The van der Waals surface area contributed by atoms with Crippen LogP contribution in [0.3, 0.4) is 0 Å². The highest BCUT2D eigenvalue weighted by molar-refractivity contribution is 5.30. The molecule has 1 aromatic carbocycles. The molecule has 0 spiro atoms. The molecule has 1 rings (SSSR count). The molecule has 0 saturated heterocycles. The molecule has 0 amide bonds. The molecule has 2 N–H and O–H groups in total.